The summed E-state index contributed by atoms with van der Waals surface area (Å²) in [4.78, 5) is 0. The summed E-state index contributed by atoms with van der Waals surface area (Å²) in [7, 11) is 0. The maximum absolute atomic E-state index is 12.5. The Kier molecular flexibility index (Phi) is 4.54. The lowest BCUT2D eigenvalue weighted by atomic mass is 10.0. The lowest BCUT2D eigenvalue weighted by Gasteiger charge is -2.19. The first-order chi connectivity index (χ1) is 9.94. The van der Waals surface area contributed by atoms with Gasteiger partial charge in [0.15, 0.2) is 0 Å². The summed E-state index contributed by atoms with van der Waals surface area (Å²) in [6.45, 7) is 1.91. The highest BCUT2D eigenvalue weighted by Gasteiger charge is 2.33. The number of ether oxygens (including phenoxy) is 1. The third-order valence-electron chi connectivity index (χ3n) is 2.94. The molecule has 114 valence electrons. The van der Waals surface area contributed by atoms with Crippen molar-refractivity contribution in [3.05, 3.63) is 53.5 Å². The summed E-state index contributed by atoms with van der Waals surface area (Å²) in [5.74, 6) is 6.30. The van der Waals surface area contributed by atoms with Crippen LogP contribution in [0.4, 0.5) is 13.2 Å². The van der Waals surface area contributed by atoms with Gasteiger partial charge in [-0.05, 0) is 18.2 Å². The normalized spacial score (nSPS) is 13.2. The number of para-hydroxylation sites is 1. The first kappa shape index (κ1) is 15.4. The fourth-order valence-electron chi connectivity index (χ4n) is 2.00. The smallest absolute Gasteiger partial charge is 0.464 e. The Morgan fingerprint density at radius 3 is 2.52 bits per heavy atom. The highest BCUT2D eigenvalue weighted by Crippen LogP contribution is 2.33. The van der Waals surface area contributed by atoms with Crippen LogP contribution in [0.5, 0.6) is 5.75 Å². The molecule has 0 spiro atoms. The second-order valence-electron chi connectivity index (χ2n) is 4.34. The lowest BCUT2D eigenvalue weighted by Crippen LogP contribution is -2.29. The SMILES string of the molecule is CCc1ccc(C(NN)c2ccccc2OC(F)(F)F)o1. The predicted molar refractivity (Wildman–Crippen MR) is 70.4 cm³/mol. The van der Waals surface area contributed by atoms with Gasteiger partial charge in [0.2, 0.25) is 0 Å². The zero-order valence-corrected chi connectivity index (χ0v) is 11.3. The molecule has 0 aliphatic rings. The van der Waals surface area contributed by atoms with E-state index in [9.17, 15) is 13.2 Å². The van der Waals surface area contributed by atoms with E-state index in [4.69, 9.17) is 10.3 Å². The van der Waals surface area contributed by atoms with Crippen LogP contribution in [-0.2, 0) is 6.42 Å². The van der Waals surface area contributed by atoms with Crippen LogP contribution in [0.25, 0.3) is 0 Å². The van der Waals surface area contributed by atoms with Crippen LogP contribution in [0.3, 0.4) is 0 Å². The Labute approximate surface area is 119 Å². The number of furan rings is 1. The molecular formula is C14H15F3N2O2. The van der Waals surface area contributed by atoms with Crippen LogP contribution in [0, 0.1) is 0 Å². The van der Waals surface area contributed by atoms with Crippen molar-refractivity contribution in [3.8, 4) is 5.75 Å². The maximum Gasteiger partial charge on any atom is 0.573 e. The van der Waals surface area contributed by atoms with Gasteiger partial charge in [0.25, 0.3) is 0 Å². The first-order valence-electron chi connectivity index (χ1n) is 6.34. The number of halogens is 3. The summed E-state index contributed by atoms with van der Waals surface area (Å²) in [5, 5.41) is 0. The van der Waals surface area contributed by atoms with Gasteiger partial charge in [0.05, 0.1) is 0 Å². The van der Waals surface area contributed by atoms with Crippen LogP contribution < -0.4 is 16.0 Å². The quantitative estimate of drug-likeness (QED) is 0.657. The van der Waals surface area contributed by atoms with Crippen molar-refractivity contribution in [2.24, 2.45) is 5.84 Å². The van der Waals surface area contributed by atoms with Crippen molar-refractivity contribution >= 4 is 0 Å². The summed E-state index contributed by atoms with van der Waals surface area (Å²) in [5.41, 5.74) is 2.70. The molecule has 3 N–H and O–H groups in total. The molecule has 1 atom stereocenters. The monoisotopic (exact) mass is 300 g/mol. The molecule has 7 heteroatoms. The molecule has 1 aromatic carbocycles. The third kappa shape index (κ3) is 3.77. The molecule has 0 radical (unpaired) electrons. The number of rotatable bonds is 5. The van der Waals surface area contributed by atoms with Crippen LogP contribution in [-0.4, -0.2) is 6.36 Å². The first-order valence-corrected chi connectivity index (χ1v) is 6.34. The molecule has 0 aliphatic heterocycles. The molecule has 1 aromatic heterocycles. The molecule has 21 heavy (non-hydrogen) atoms. The number of hydrogen-bond donors (Lipinski definition) is 2. The molecule has 0 aliphatic carbocycles. The minimum absolute atomic E-state index is 0.245. The van der Waals surface area contributed by atoms with Crippen LogP contribution >= 0.6 is 0 Å². The standard InChI is InChI=1S/C14H15F3N2O2/c1-2-9-7-8-12(20-9)13(19-18)10-5-3-4-6-11(10)21-14(15,16)17/h3-8,13,19H,2,18H2,1H3. The predicted octanol–water partition coefficient (Wildman–Crippen LogP) is 3.29. The van der Waals surface area contributed by atoms with Gasteiger partial charge in [0, 0.05) is 12.0 Å². The van der Waals surface area contributed by atoms with E-state index in [0.29, 0.717) is 12.2 Å². The van der Waals surface area contributed by atoms with Gasteiger partial charge in [-0.25, -0.2) is 5.43 Å². The Hall–Kier alpha value is -1.99. The van der Waals surface area contributed by atoms with Crippen LogP contribution in [0.2, 0.25) is 0 Å². The minimum atomic E-state index is -4.77. The summed E-state index contributed by atoms with van der Waals surface area (Å²) in [6.07, 6.45) is -4.09. The molecule has 0 saturated heterocycles. The summed E-state index contributed by atoms with van der Waals surface area (Å²) < 4.78 is 46.9. The number of alkyl halides is 3. The van der Waals surface area contributed by atoms with E-state index in [2.05, 4.69) is 10.2 Å². The van der Waals surface area contributed by atoms with Gasteiger partial charge in [0.1, 0.15) is 23.3 Å². The van der Waals surface area contributed by atoms with Crippen molar-refractivity contribution in [1.82, 2.24) is 5.43 Å². The second kappa shape index (κ2) is 6.19. The highest BCUT2D eigenvalue weighted by molar-refractivity contribution is 5.39. The van der Waals surface area contributed by atoms with E-state index in [-0.39, 0.29) is 11.3 Å². The van der Waals surface area contributed by atoms with E-state index in [0.717, 1.165) is 5.76 Å². The van der Waals surface area contributed by atoms with Gasteiger partial charge in [-0.1, -0.05) is 25.1 Å². The number of aryl methyl sites for hydroxylation is 1. The third-order valence-corrected chi connectivity index (χ3v) is 2.94. The molecule has 0 fully saturated rings. The molecule has 0 bridgehead atoms. The van der Waals surface area contributed by atoms with E-state index in [1.165, 1.54) is 18.2 Å². The molecule has 4 nitrogen and oxygen atoms in total. The average molecular weight is 300 g/mol. The molecule has 1 unspecified atom stereocenters. The van der Waals surface area contributed by atoms with Crippen molar-refractivity contribution in [2.75, 3.05) is 0 Å². The number of benzene rings is 1. The Morgan fingerprint density at radius 2 is 1.95 bits per heavy atom. The number of nitrogens with one attached hydrogen (secondary N) is 1. The van der Waals surface area contributed by atoms with Crippen LogP contribution in [0.15, 0.2) is 40.8 Å². The number of nitrogens with two attached hydrogens (primary N) is 1. The van der Waals surface area contributed by atoms with E-state index in [1.54, 1.807) is 18.2 Å². The van der Waals surface area contributed by atoms with Crippen molar-refractivity contribution in [1.29, 1.82) is 0 Å². The van der Waals surface area contributed by atoms with Crippen molar-refractivity contribution in [2.45, 2.75) is 25.7 Å². The lowest BCUT2D eigenvalue weighted by molar-refractivity contribution is -0.275. The average Bonchev–Trinajstić information content (AvgIpc) is 2.88. The second-order valence-corrected chi connectivity index (χ2v) is 4.34. The minimum Gasteiger partial charge on any atom is -0.464 e. The van der Waals surface area contributed by atoms with Gasteiger partial charge in [-0.3, -0.25) is 5.84 Å². The Balaban J connectivity index is 2.38. The topological polar surface area (TPSA) is 60.4 Å². The van der Waals surface area contributed by atoms with Gasteiger partial charge in [-0.15, -0.1) is 13.2 Å². The molecule has 2 aromatic rings. The van der Waals surface area contributed by atoms with Crippen molar-refractivity contribution < 1.29 is 22.3 Å². The highest BCUT2D eigenvalue weighted by atomic mass is 19.4. The zero-order chi connectivity index (χ0) is 15.5. The molecule has 0 saturated carbocycles. The molecule has 1 heterocycles. The summed E-state index contributed by atoms with van der Waals surface area (Å²) >= 11 is 0. The summed E-state index contributed by atoms with van der Waals surface area (Å²) in [6, 6.07) is 8.49. The van der Waals surface area contributed by atoms with Gasteiger partial charge < -0.3 is 9.15 Å². The van der Waals surface area contributed by atoms with Gasteiger partial charge >= 0.3 is 6.36 Å². The van der Waals surface area contributed by atoms with Gasteiger partial charge in [-0.2, -0.15) is 0 Å². The van der Waals surface area contributed by atoms with Crippen LogP contribution in [0.1, 0.15) is 30.0 Å². The van der Waals surface area contributed by atoms with E-state index < -0.39 is 12.4 Å². The van der Waals surface area contributed by atoms with E-state index in [1.807, 2.05) is 6.92 Å². The number of hydrogen-bond acceptors (Lipinski definition) is 4. The van der Waals surface area contributed by atoms with Crippen molar-refractivity contribution in [3.63, 3.8) is 0 Å². The van der Waals surface area contributed by atoms with E-state index >= 15 is 0 Å². The molecule has 2 rings (SSSR count). The fourth-order valence-corrected chi connectivity index (χ4v) is 2.00. The Bertz CT molecular complexity index is 596. The largest absolute Gasteiger partial charge is 0.573 e. The maximum atomic E-state index is 12.5. The zero-order valence-electron chi connectivity index (χ0n) is 11.3. The number of hydrazine groups is 1. The Morgan fingerprint density at radius 1 is 1.24 bits per heavy atom. The molecule has 0 amide bonds. The molecular weight excluding hydrogens is 285 g/mol. The fraction of sp³-hybridized carbons (Fsp3) is 0.286.